The number of aromatic nitrogens is 4. The lowest BCUT2D eigenvalue weighted by atomic mass is 10.0. The van der Waals surface area contributed by atoms with Crippen LogP contribution in [0, 0.1) is 0 Å². The molecule has 0 aliphatic heterocycles. The second-order valence-corrected chi connectivity index (χ2v) is 6.86. The first-order valence-corrected chi connectivity index (χ1v) is 9.26. The number of carbonyl (C=O) groups excluding carboxylic acids is 1. The molecule has 0 saturated carbocycles. The number of benzene rings is 1. The Morgan fingerprint density at radius 1 is 1.31 bits per heavy atom. The maximum absolute atomic E-state index is 12.8. The van der Waals surface area contributed by atoms with Crippen molar-refractivity contribution < 1.29 is 9.53 Å². The number of ether oxygens (including phenoxy) is 1. The van der Waals surface area contributed by atoms with E-state index in [9.17, 15) is 4.79 Å². The highest BCUT2D eigenvalue weighted by Gasteiger charge is 2.18. The Morgan fingerprint density at radius 2 is 2.23 bits per heavy atom. The summed E-state index contributed by atoms with van der Waals surface area (Å²) in [5, 5.41) is 2.00. The van der Waals surface area contributed by atoms with E-state index in [0.717, 1.165) is 34.9 Å². The zero-order valence-electron chi connectivity index (χ0n) is 14.3. The average Bonchev–Trinajstić information content (AvgIpc) is 3.40. The number of rotatable bonds is 7. The summed E-state index contributed by atoms with van der Waals surface area (Å²) in [7, 11) is 1.62. The fraction of sp³-hybridized carbons (Fsp3) is 0.211. The molecule has 132 valence electrons. The number of ketones is 1. The number of imidazole rings is 2. The Bertz CT molecular complexity index is 1020. The first-order valence-electron chi connectivity index (χ1n) is 8.38. The van der Waals surface area contributed by atoms with Gasteiger partial charge < -0.3 is 14.7 Å². The first kappa shape index (κ1) is 16.5. The van der Waals surface area contributed by atoms with Crippen molar-refractivity contribution in [1.82, 2.24) is 19.9 Å². The minimum absolute atomic E-state index is 0.0773. The van der Waals surface area contributed by atoms with E-state index in [1.54, 1.807) is 36.9 Å². The molecular weight excluding hydrogens is 348 g/mol. The van der Waals surface area contributed by atoms with Gasteiger partial charge in [0.05, 0.1) is 12.0 Å². The highest BCUT2D eigenvalue weighted by molar-refractivity contribution is 7.13. The molecule has 0 fully saturated rings. The molecule has 0 saturated heterocycles. The Morgan fingerprint density at radius 3 is 2.96 bits per heavy atom. The molecule has 1 aromatic carbocycles. The van der Waals surface area contributed by atoms with E-state index in [1.807, 2.05) is 23.6 Å². The Kier molecular flexibility index (Phi) is 4.53. The summed E-state index contributed by atoms with van der Waals surface area (Å²) in [4.78, 5) is 29.0. The predicted octanol–water partition coefficient (Wildman–Crippen LogP) is 4.23. The third kappa shape index (κ3) is 3.13. The van der Waals surface area contributed by atoms with Crippen molar-refractivity contribution in [1.29, 1.82) is 0 Å². The minimum atomic E-state index is 0.0773. The summed E-state index contributed by atoms with van der Waals surface area (Å²) in [6.45, 7) is 0. The van der Waals surface area contributed by atoms with E-state index in [0.29, 0.717) is 23.3 Å². The molecule has 0 radical (unpaired) electrons. The van der Waals surface area contributed by atoms with Crippen molar-refractivity contribution in [3.8, 4) is 16.5 Å². The van der Waals surface area contributed by atoms with E-state index in [1.165, 1.54) is 0 Å². The van der Waals surface area contributed by atoms with Gasteiger partial charge >= 0.3 is 0 Å². The van der Waals surface area contributed by atoms with E-state index in [2.05, 4.69) is 19.9 Å². The molecule has 0 amide bonds. The van der Waals surface area contributed by atoms with Crippen molar-refractivity contribution >= 4 is 28.2 Å². The third-order valence-electron chi connectivity index (χ3n) is 4.25. The monoisotopic (exact) mass is 366 g/mol. The number of aryl methyl sites for hydroxylation is 1. The number of nitrogens with zero attached hydrogens (tertiary/aromatic N) is 2. The number of hydrogen-bond acceptors (Lipinski definition) is 5. The van der Waals surface area contributed by atoms with Gasteiger partial charge in [0.15, 0.2) is 5.78 Å². The highest BCUT2D eigenvalue weighted by atomic mass is 32.1. The van der Waals surface area contributed by atoms with Gasteiger partial charge in [0.2, 0.25) is 0 Å². The summed E-state index contributed by atoms with van der Waals surface area (Å²) >= 11 is 1.60. The summed E-state index contributed by atoms with van der Waals surface area (Å²) < 4.78 is 5.43. The van der Waals surface area contributed by atoms with Crippen LogP contribution in [0.1, 0.15) is 29.0 Å². The molecule has 3 aromatic heterocycles. The van der Waals surface area contributed by atoms with Gasteiger partial charge in [0.1, 0.15) is 28.4 Å². The quantitative estimate of drug-likeness (QED) is 0.480. The molecule has 4 rings (SSSR count). The van der Waals surface area contributed by atoms with Crippen LogP contribution in [0.4, 0.5) is 0 Å². The van der Waals surface area contributed by atoms with Crippen LogP contribution in [0.3, 0.4) is 0 Å². The van der Waals surface area contributed by atoms with Gasteiger partial charge in [-0.25, -0.2) is 9.97 Å². The van der Waals surface area contributed by atoms with E-state index < -0.39 is 0 Å². The number of thiophene rings is 1. The summed E-state index contributed by atoms with van der Waals surface area (Å²) in [6, 6.07) is 7.60. The molecule has 6 nitrogen and oxygen atoms in total. The molecule has 2 N–H and O–H groups in total. The standard InChI is InChI=1S/C19H18N4O2S/c1-25-14-8-7-12(13(24)4-2-6-16-20-9-10-21-16)17-18(14)23-19(22-17)15-5-3-11-26-15/h3,5,7-11H,2,4,6H2,1H3,(H,20,21)(H,22,23). The minimum Gasteiger partial charge on any atom is -0.494 e. The van der Waals surface area contributed by atoms with Gasteiger partial charge in [0, 0.05) is 30.8 Å². The zero-order valence-corrected chi connectivity index (χ0v) is 15.1. The smallest absolute Gasteiger partial charge is 0.165 e. The number of fused-ring (bicyclic) bond motifs is 1. The number of H-pyrrole nitrogens is 2. The van der Waals surface area contributed by atoms with Crippen molar-refractivity contribution in [2.75, 3.05) is 7.11 Å². The Balaban J connectivity index is 1.62. The van der Waals surface area contributed by atoms with Gasteiger partial charge in [-0.1, -0.05) is 6.07 Å². The number of nitrogens with one attached hydrogen (secondary N) is 2. The van der Waals surface area contributed by atoms with Crippen LogP contribution in [0.5, 0.6) is 5.75 Å². The second-order valence-electron chi connectivity index (χ2n) is 5.91. The molecule has 3 heterocycles. The number of hydrogen-bond donors (Lipinski definition) is 2. The number of methoxy groups -OCH3 is 1. The zero-order chi connectivity index (χ0) is 17.9. The van der Waals surface area contributed by atoms with Gasteiger partial charge in [-0.3, -0.25) is 4.79 Å². The Hall–Kier alpha value is -2.93. The molecule has 0 spiro atoms. The van der Waals surface area contributed by atoms with E-state index >= 15 is 0 Å². The number of carbonyl (C=O) groups is 1. The summed E-state index contributed by atoms with van der Waals surface area (Å²) in [5.41, 5.74) is 2.04. The average molecular weight is 366 g/mol. The molecule has 0 unspecified atom stereocenters. The van der Waals surface area contributed by atoms with E-state index in [4.69, 9.17) is 4.74 Å². The predicted molar refractivity (Wildman–Crippen MR) is 102 cm³/mol. The van der Waals surface area contributed by atoms with Crippen LogP contribution in [-0.2, 0) is 6.42 Å². The molecule has 0 bridgehead atoms. The first-order chi connectivity index (χ1) is 12.8. The van der Waals surface area contributed by atoms with Crippen molar-refractivity contribution in [2.45, 2.75) is 19.3 Å². The number of Topliss-reactive ketones (excluding diaryl/α,β-unsaturated/α-hetero) is 1. The normalized spacial score (nSPS) is 11.1. The second kappa shape index (κ2) is 7.13. The topological polar surface area (TPSA) is 83.7 Å². The van der Waals surface area contributed by atoms with Gasteiger partial charge in [0.25, 0.3) is 0 Å². The molecule has 4 aromatic rings. The Labute approximate surface area is 154 Å². The lowest BCUT2D eigenvalue weighted by molar-refractivity contribution is 0.0981. The third-order valence-corrected chi connectivity index (χ3v) is 5.13. The van der Waals surface area contributed by atoms with Crippen LogP contribution < -0.4 is 4.74 Å². The fourth-order valence-electron chi connectivity index (χ4n) is 2.98. The van der Waals surface area contributed by atoms with E-state index in [-0.39, 0.29) is 5.78 Å². The van der Waals surface area contributed by atoms with Crippen molar-refractivity contribution in [2.24, 2.45) is 0 Å². The maximum atomic E-state index is 12.8. The van der Waals surface area contributed by atoms with Crippen LogP contribution >= 0.6 is 11.3 Å². The fourth-order valence-corrected chi connectivity index (χ4v) is 3.65. The van der Waals surface area contributed by atoms with Crippen molar-refractivity contribution in [3.63, 3.8) is 0 Å². The van der Waals surface area contributed by atoms with Crippen LogP contribution in [0.25, 0.3) is 21.7 Å². The van der Waals surface area contributed by atoms with Crippen LogP contribution in [0.15, 0.2) is 42.0 Å². The summed E-state index contributed by atoms with van der Waals surface area (Å²) in [5.74, 6) is 2.41. The molecule has 0 atom stereocenters. The SMILES string of the molecule is COc1ccc(C(=O)CCCc2ncc[nH]2)c2nc(-c3cccs3)[nH]c12. The summed E-state index contributed by atoms with van der Waals surface area (Å²) in [6.07, 6.45) is 5.45. The van der Waals surface area contributed by atoms with Crippen LogP contribution in [-0.4, -0.2) is 32.8 Å². The largest absolute Gasteiger partial charge is 0.494 e. The van der Waals surface area contributed by atoms with Gasteiger partial charge in [-0.2, -0.15) is 0 Å². The van der Waals surface area contributed by atoms with Crippen molar-refractivity contribution in [3.05, 3.63) is 53.4 Å². The van der Waals surface area contributed by atoms with Crippen LogP contribution in [0.2, 0.25) is 0 Å². The van der Waals surface area contributed by atoms with Gasteiger partial charge in [-0.15, -0.1) is 11.3 Å². The lowest BCUT2D eigenvalue weighted by Crippen LogP contribution is -2.02. The number of aromatic amines is 2. The highest BCUT2D eigenvalue weighted by Crippen LogP contribution is 2.32. The molecular formula is C19H18N4O2S. The van der Waals surface area contributed by atoms with Gasteiger partial charge in [-0.05, 0) is 30.0 Å². The maximum Gasteiger partial charge on any atom is 0.165 e. The molecule has 0 aliphatic rings. The molecule has 0 aliphatic carbocycles. The molecule has 7 heteroatoms. The lowest BCUT2D eigenvalue weighted by Gasteiger charge is -2.05. The molecule has 26 heavy (non-hydrogen) atoms.